The summed E-state index contributed by atoms with van der Waals surface area (Å²) in [6.07, 6.45) is 0.490. The largest absolute Gasteiger partial charge is 0.508 e. The van der Waals surface area contributed by atoms with Crippen LogP contribution < -0.4 is 5.32 Å². The smallest absolute Gasteiger partial charge is 0.172 e. The van der Waals surface area contributed by atoms with Crippen LogP contribution in [0, 0.1) is 0 Å². The zero-order valence-corrected chi connectivity index (χ0v) is 12.1. The fourth-order valence-electron chi connectivity index (χ4n) is 2.07. The number of aromatic hydroxyl groups is 1. The monoisotopic (exact) mass is 267 g/mol. The van der Waals surface area contributed by atoms with Crippen molar-refractivity contribution in [3.8, 4) is 5.75 Å². The molecule has 0 heterocycles. The van der Waals surface area contributed by atoms with Crippen molar-refractivity contribution in [2.45, 2.75) is 39.5 Å². The second kappa shape index (κ2) is 8.91. The Bertz CT molecular complexity index is 351. The molecule has 1 aromatic rings. The Morgan fingerprint density at radius 2 is 1.84 bits per heavy atom. The van der Waals surface area contributed by atoms with Crippen LogP contribution in [0.5, 0.6) is 5.75 Å². The van der Waals surface area contributed by atoms with Gasteiger partial charge < -0.3 is 19.9 Å². The van der Waals surface area contributed by atoms with Crippen LogP contribution in [0.1, 0.15) is 26.3 Å². The Labute approximate surface area is 115 Å². The highest BCUT2D eigenvalue weighted by molar-refractivity contribution is 5.27. The van der Waals surface area contributed by atoms with Gasteiger partial charge in [-0.25, -0.2) is 0 Å². The summed E-state index contributed by atoms with van der Waals surface area (Å²) in [5.41, 5.74) is 1.07. The summed E-state index contributed by atoms with van der Waals surface area (Å²) in [6, 6.07) is 7.38. The van der Waals surface area contributed by atoms with Crippen LogP contribution in [-0.4, -0.2) is 37.2 Å². The molecule has 2 N–H and O–H groups in total. The maximum atomic E-state index is 9.52. The van der Waals surface area contributed by atoms with E-state index in [2.05, 4.69) is 12.2 Å². The minimum Gasteiger partial charge on any atom is -0.508 e. The Morgan fingerprint density at radius 1 is 1.16 bits per heavy atom. The quantitative estimate of drug-likeness (QED) is 0.674. The number of likely N-dealkylation sites (N-methyl/N-ethyl adjacent to an activating group) is 1. The van der Waals surface area contributed by atoms with Gasteiger partial charge in [0, 0.05) is 13.2 Å². The van der Waals surface area contributed by atoms with E-state index < -0.39 is 0 Å². The van der Waals surface area contributed by atoms with Gasteiger partial charge in [-0.2, -0.15) is 0 Å². The maximum absolute atomic E-state index is 9.52. The average molecular weight is 267 g/mol. The van der Waals surface area contributed by atoms with Crippen molar-refractivity contribution in [3.63, 3.8) is 0 Å². The molecule has 0 saturated carbocycles. The van der Waals surface area contributed by atoms with Gasteiger partial charge in [0.2, 0.25) is 0 Å². The first kappa shape index (κ1) is 16.0. The Morgan fingerprint density at radius 3 is 2.37 bits per heavy atom. The number of phenols is 1. The van der Waals surface area contributed by atoms with Crippen LogP contribution in [0.15, 0.2) is 24.3 Å². The van der Waals surface area contributed by atoms with E-state index in [1.54, 1.807) is 12.1 Å². The van der Waals surface area contributed by atoms with Gasteiger partial charge in [-0.1, -0.05) is 19.1 Å². The van der Waals surface area contributed by atoms with E-state index in [9.17, 15) is 5.11 Å². The van der Waals surface area contributed by atoms with E-state index in [0.29, 0.717) is 13.2 Å². The van der Waals surface area contributed by atoms with Crippen LogP contribution in [-0.2, 0) is 15.9 Å². The average Bonchev–Trinajstić information content (AvgIpc) is 2.38. The second-order valence-corrected chi connectivity index (χ2v) is 4.32. The van der Waals surface area contributed by atoms with Crippen molar-refractivity contribution in [1.82, 2.24) is 5.32 Å². The van der Waals surface area contributed by atoms with Crippen molar-refractivity contribution in [1.29, 1.82) is 0 Å². The molecular formula is C15H25NO3. The summed E-state index contributed by atoms with van der Waals surface area (Å²) >= 11 is 0. The van der Waals surface area contributed by atoms with Crippen LogP contribution in [0.25, 0.3) is 0 Å². The lowest BCUT2D eigenvalue weighted by atomic mass is 10.0. The topological polar surface area (TPSA) is 50.7 Å². The molecule has 0 aliphatic carbocycles. The van der Waals surface area contributed by atoms with Gasteiger partial charge in [-0.3, -0.25) is 0 Å². The minimum atomic E-state index is -0.266. The molecule has 0 aliphatic rings. The lowest BCUT2D eigenvalue weighted by Crippen LogP contribution is -2.44. The molecule has 0 fully saturated rings. The Balaban J connectivity index is 2.74. The van der Waals surface area contributed by atoms with Crippen molar-refractivity contribution in [2.24, 2.45) is 0 Å². The molecule has 0 spiro atoms. The highest BCUT2D eigenvalue weighted by Gasteiger charge is 2.21. The molecule has 0 amide bonds. The SMILES string of the molecule is CCNC(Cc1cccc(O)c1)C(OCC)OCC. The van der Waals surface area contributed by atoms with Gasteiger partial charge in [0.1, 0.15) is 5.75 Å². The van der Waals surface area contributed by atoms with E-state index in [1.807, 2.05) is 26.0 Å². The number of hydrogen-bond donors (Lipinski definition) is 2. The molecule has 108 valence electrons. The summed E-state index contributed by atoms with van der Waals surface area (Å²) in [7, 11) is 0. The molecule has 1 atom stereocenters. The molecule has 0 aromatic heterocycles. The number of hydrogen-bond acceptors (Lipinski definition) is 4. The van der Waals surface area contributed by atoms with Gasteiger partial charge in [0.15, 0.2) is 6.29 Å². The lowest BCUT2D eigenvalue weighted by molar-refractivity contribution is -0.153. The van der Waals surface area contributed by atoms with Gasteiger partial charge in [0.05, 0.1) is 6.04 Å². The predicted molar refractivity (Wildman–Crippen MR) is 76.3 cm³/mol. The molecule has 0 bridgehead atoms. The third-order valence-electron chi connectivity index (χ3n) is 2.82. The van der Waals surface area contributed by atoms with Gasteiger partial charge in [-0.05, 0) is 44.5 Å². The molecule has 1 rings (SSSR count). The van der Waals surface area contributed by atoms with Crippen molar-refractivity contribution >= 4 is 0 Å². The summed E-state index contributed by atoms with van der Waals surface area (Å²) in [6.45, 7) is 8.07. The van der Waals surface area contributed by atoms with Gasteiger partial charge >= 0.3 is 0 Å². The molecule has 4 nitrogen and oxygen atoms in total. The molecule has 0 aliphatic heterocycles. The van der Waals surface area contributed by atoms with Crippen molar-refractivity contribution in [3.05, 3.63) is 29.8 Å². The highest BCUT2D eigenvalue weighted by Crippen LogP contribution is 2.15. The number of rotatable bonds is 9. The molecule has 0 saturated heterocycles. The normalized spacial score (nSPS) is 12.8. The highest BCUT2D eigenvalue weighted by atomic mass is 16.7. The zero-order chi connectivity index (χ0) is 14.1. The van der Waals surface area contributed by atoms with E-state index in [4.69, 9.17) is 9.47 Å². The summed E-state index contributed by atoms with van der Waals surface area (Å²) in [4.78, 5) is 0. The molecule has 19 heavy (non-hydrogen) atoms. The van der Waals surface area contributed by atoms with E-state index in [0.717, 1.165) is 18.5 Å². The number of phenolic OH excluding ortho intramolecular Hbond substituents is 1. The lowest BCUT2D eigenvalue weighted by Gasteiger charge is -2.27. The van der Waals surface area contributed by atoms with E-state index in [1.165, 1.54) is 0 Å². The van der Waals surface area contributed by atoms with Gasteiger partial charge in [0.25, 0.3) is 0 Å². The van der Waals surface area contributed by atoms with Gasteiger partial charge in [-0.15, -0.1) is 0 Å². The fraction of sp³-hybridized carbons (Fsp3) is 0.600. The first-order valence-corrected chi connectivity index (χ1v) is 6.95. The van der Waals surface area contributed by atoms with E-state index >= 15 is 0 Å². The van der Waals surface area contributed by atoms with Crippen LogP contribution >= 0.6 is 0 Å². The number of nitrogens with one attached hydrogen (secondary N) is 1. The maximum Gasteiger partial charge on any atom is 0.172 e. The summed E-state index contributed by atoms with van der Waals surface area (Å²) < 4.78 is 11.3. The van der Waals surface area contributed by atoms with Crippen molar-refractivity contribution in [2.75, 3.05) is 19.8 Å². The first-order chi connectivity index (χ1) is 9.21. The standard InChI is InChI=1S/C15H25NO3/c1-4-16-14(15(18-5-2)19-6-3)11-12-8-7-9-13(17)10-12/h7-10,14-17H,4-6,11H2,1-3H3. The summed E-state index contributed by atoms with van der Waals surface area (Å²) in [5, 5.41) is 12.9. The third-order valence-corrected chi connectivity index (χ3v) is 2.82. The predicted octanol–water partition coefficient (Wildman–Crippen LogP) is 2.31. The van der Waals surface area contributed by atoms with E-state index in [-0.39, 0.29) is 18.1 Å². The van der Waals surface area contributed by atoms with Crippen LogP contribution in [0.2, 0.25) is 0 Å². The molecule has 1 unspecified atom stereocenters. The van der Waals surface area contributed by atoms with Crippen molar-refractivity contribution < 1.29 is 14.6 Å². The third kappa shape index (κ3) is 5.59. The fourth-order valence-corrected chi connectivity index (χ4v) is 2.07. The Kier molecular flexibility index (Phi) is 7.48. The van der Waals surface area contributed by atoms with Crippen LogP contribution in [0.3, 0.4) is 0 Å². The molecular weight excluding hydrogens is 242 g/mol. The minimum absolute atomic E-state index is 0.0756. The molecule has 4 heteroatoms. The Hall–Kier alpha value is -1.10. The zero-order valence-electron chi connectivity index (χ0n) is 12.1. The summed E-state index contributed by atoms with van der Waals surface area (Å²) in [5.74, 6) is 0.289. The molecule has 1 aromatic carbocycles. The van der Waals surface area contributed by atoms with Crippen LogP contribution in [0.4, 0.5) is 0 Å². The first-order valence-electron chi connectivity index (χ1n) is 6.95. The second-order valence-electron chi connectivity index (χ2n) is 4.32. The number of benzene rings is 1. The molecule has 0 radical (unpaired) electrons. The number of ether oxygens (including phenoxy) is 2.